The molecule has 0 spiro atoms. The second-order valence-corrected chi connectivity index (χ2v) is 5.29. The number of piperidine rings is 1. The molecule has 1 fully saturated rings. The van der Waals surface area contributed by atoms with Crippen molar-refractivity contribution in [2.45, 2.75) is 18.9 Å². The summed E-state index contributed by atoms with van der Waals surface area (Å²) in [6.45, 7) is 2.29. The molecule has 2 unspecified atom stereocenters. The molecule has 0 bridgehead atoms. The van der Waals surface area contributed by atoms with E-state index in [2.05, 4.69) is 48.6 Å². The Morgan fingerprint density at radius 3 is 2.50 bits per heavy atom. The largest absolute Gasteiger partial charge is 0.497 e. The number of methoxy groups -OCH3 is 1. The maximum atomic E-state index is 5.23. The van der Waals surface area contributed by atoms with Crippen LogP contribution < -0.4 is 10.1 Å². The summed E-state index contributed by atoms with van der Waals surface area (Å²) in [6.07, 6.45) is 2.59. The van der Waals surface area contributed by atoms with Gasteiger partial charge in [-0.15, -0.1) is 0 Å². The van der Waals surface area contributed by atoms with Crippen molar-refractivity contribution >= 4 is 0 Å². The van der Waals surface area contributed by atoms with Crippen molar-refractivity contribution in [2.24, 2.45) is 5.92 Å². The van der Waals surface area contributed by atoms with Crippen molar-refractivity contribution in [3.63, 3.8) is 0 Å². The topological polar surface area (TPSA) is 24.5 Å². The van der Waals surface area contributed by atoms with Gasteiger partial charge in [-0.2, -0.15) is 0 Å². The molecule has 0 aliphatic carbocycles. The molecule has 1 aromatic rings. The average Bonchev–Trinajstić information content (AvgIpc) is 2.40. The Labute approximate surface area is 110 Å². The summed E-state index contributed by atoms with van der Waals surface area (Å²) in [7, 11) is 6.05. The molecule has 2 atom stereocenters. The third-order valence-electron chi connectivity index (χ3n) is 3.80. The van der Waals surface area contributed by atoms with E-state index < -0.39 is 0 Å². The Balaban J connectivity index is 2.17. The van der Waals surface area contributed by atoms with Crippen LogP contribution in [0.5, 0.6) is 5.75 Å². The summed E-state index contributed by atoms with van der Waals surface area (Å²) in [5, 5.41) is 3.51. The highest BCUT2D eigenvalue weighted by Gasteiger charge is 2.26. The molecule has 1 aliphatic rings. The first kappa shape index (κ1) is 13.4. The van der Waals surface area contributed by atoms with Gasteiger partial charge in [-0.05, 0) is 63.6 Å². The molecule has 0 aromatic heterocycles. The molecule has 3 heteroatoms. The van der Waals surface area contributed by atoms with Gasteiger partial charge in [-0.25, -0.2) is 0 Å². The second-order valence-electron chi connectivity index (χ2n) is 5.29. The number of hydrogen-bond acceptors (Lipinski definition) is 3. The van der Waals surface area contributed by atoms with E-state index in [1.54, 1.807) is 7.11 Å². The van der Waals surface area contributed by atoms with Crippen LogP contribution in [0.15, 0.2) is 24.3 Å². The SMILES string of the molecule is COc1ccc(C(C2CCCNC2)N(C)C)cc1. The zero-order chi connectivity index (χ0) is 13.0. The van der Waals surface area contributed by atoms with Crippen LogP contribution in [0, 0.1) is 5.92 Å². The maximum Gasteiger partial charge on any atom is 0.118 e. The Morgan fingerprint density at radius 1 is 1.28 bits per heavy atom. The van der Waals surface area contributed by atoms with Crippen LogP contribution in [0.4, 0.5) is 0 Å². The van der Waals surface area contributed by atoms with E-state index in [4.69, 9.17) is 4.74 Å². The molecule has 1 saturated heterocycles. The highest BCUT2D eigenvalue weighted by Crippen LogP contribution is 2.31. The minimum atomic E-state index is 0.490. The van der Waals surface area contributed by atoms with Crippen LogP contribution in [0.25, 0.3) is 0 Å². The summed E-state index contributed by atoms with van der Waals surface area (Å²) >= 11 is 0. The van der Waals surface area contributed by atoms with Gasteiger partial charge in [0, 0.05) is 6.04 Å². The van der Waals surface area contributed by atoms with Gasteiger partial charge in [-0.3, -0.25) is 0 Å². The summed E-state index contributed by atoms with van der Waals surface area (Å²) in [5.41, 5.74) is 1.38. The smallest absolute Gasteiger partial charge is 0.118 e. The first-order valence-electron chi connectivity index (χ1n) is 6.73. The maximum absolute atomic E-state index is 5.23. The molecule has 3 nitrogen and oxygen atoms in total. The Bertz CT molecular complexity index is 355. The molecule has 1 aromatic carbocycles. The fourth-order valence-corrected chi connectivity index (χ4v) is 2.94. The van der Waals surface area contributed by atoms with Crippen LogP contribution >= 0.6 is 0 Å². The van der Waals surface area contributed by atoms with Crippen molar-refractivity contribution in [3.8, 4) is 5.75 Å². The zero-order valence-corrected chi connectivity index (χ0v) is 11.6. The first-order chi connectivity index (χ1) is 8.72. The fourth-order valence-electron chi connectivity index (χ4n) is 2.94. The van der Waals surface area contributed by atoms with E-state index in [1.807, 2.05) is 0 Å². The Hall–Kier alpha value is -1.06. The van der Waals surface area contributed by atoms with Crippen LogP contribution in [0.2, 0.25) is 0 Å². The van der Waals surface area contributed by atoms with E-state index >= 15 is 0 Å². The van der Waals surface area contributed by atoms with Gasteiger partial charge in [0.05, 0.1) is 7.11 Å². The van der Waals surface area contributed by atoms with E-state index in [9.17, 15) is 0 Å². The van der Waals surface area contributed by atoms with Crippen LogP contribution in [-0.2, 0) is 0 Å². The van der Waals surface area contributed by atoms with Gasteiger partial charge in [0.25, 0.3) is 0 Å². The molecule has 100 valence electrons. The predicted octanol–water partition coefficient (Wildman–Crippen LogP) is 2.30. The van der Waals surface area contributed by atoms with Gasteiger partial charge >= 0.3 is 0 Å². The molecule has 1 aliphatic heterocycles. The lowest BCUT2D eigenvalue weighted by atomic mass is 9.86. The van der Waals surface area contributed by atoms with Gasteiger partial charge in [0.1, 0.15) is 5.75 Å². The molecule has 0 amide bonds. The van der Waals surface area contributed by atoms with E-state index in [0.717, 1.165) is 12.3 Å². The first-order valence-corrected chi connectivity index (χ1v) is 6.73. The summed E-state index contributed by atoms with van der Waals surface area (Å²) in [5.74, 6) is 1.63. The summed E-state index contributed by atoms with van der Waals surface area (Å²) in [6, 6.07) is 8.99. The molecular weight excluding hydrogens is 224 g/mol. The molecule has 18 heavy (non-hydrogen) atoms. The Morgan fingerprint density at radius 2 is 2.00 bits per heavy atom. The lowest BCUT2D eigenvalue weighted by Gasteiger charge is -2.35. The van der Waals surface area contributed by atoms with Gasteiger partial charge in [-0.1, -0.05) is 12.1 Å². The van der Waals surface area contributed by atoms with Crippen molar-refractivity contribution < 1.29 is 4.74 Å². The molecule has 2 rings (SSSR count). The number of rotatable bonds is 4. The van der Waals surface area contributed by atoms with Crippen molar-refractivity contribution in [2.75, 3.05) is 34.3 Å². The third-order valence-corrected chi connectivity index (χ3v) is 3.80. The Kier molecular flexibility index (Phi) is 4.61. The normalized spacial score (nSPS) is 21.9. The lowest BCUT2D eigenvalue weighted by molar-refractivity contribution is 0.181. The van der Waals surface area contributed by atoms with Gasteiger partial charge in [0.15, 0.2) is 0 Å². The van der Waals surface area contributed by atoms with Gasteiger partial charge < -0.3 is 15.0 Å². The zero-order valence-electron chi connectivity index (χ0n) is 11.6. The highest BCUT2D eigenvalue weighted by atomic mass is 16.5. The quantitative estimate of drug-likeness (QED) is 0.885. The number of nitrogens with one attached hydrogen (secondary N) is 1. The summed E-state index contributed by atoms with van der Waals surface area (Å²) < 4.78 is 5.23. The van der Waals surface area contributed by atoms with Gasteiger partial charge in [0.2, 0.25) is 0 Å². The number of nitrogens with zero attached hydrogens (tertiary/aromatic N) is 1. The molecule has 0 radical (unpaired) electrons. The molecule has 0 saturated carbocycles. The van der Waals surface area contributed by atoms with Crippen molar-refractivity contribution in [1.29, 1.82) is 0 Å². The minimum absolute atomic E-state index is 0.490. The van der Waals surface area contributed by atoms with Crippen LogP contribution in [-0.4, -0.2) is 39.2 Å². The monoisotopic (exact) mass is 248 g/mol. The van der Waals surface area contributed by atoms with Crippen LogP contribution in [0.3, 0.4) is 0 Å². The van der Waals surface area contributed by atoms with Crippen molar-refractivity contribution in [1.82, 2.24) is 10.2 Å². The minimum Gasteiger partial charge on any atom is -0.497 e. The number of benzene rings is 1. The van der Waals surface area contributed by atoms with Crippen LogP contribution in [0.1, 0.15) is 24.4 Å². The number of ether oxygens (including phenoxy) is 1. The highest BCUT2D eigenvalue weighted by molar-refractivity contribution is 5.29. The van der Waals surface area contributed by atoms with Crippen molar-refractivity contribution in [3.05, 3.63) is 29.8 Å². The fraction of sp³-hybridized carbons (Fsp3) is 0.600. The lowest BCUT2D eigenvalue weighted by Crippen LogP contribution is -2.38. The molecule has 1 heterocycles. The third kappa shape index (κ3) is 3.03. The van der Waals surface area contributed by atoms with E-state index in [-0.39, 0.29) is 0 Å². The second kappa shape index (κ2) is 6.21. The standard InChI is InChI=1S/C15H24N2O/c1-17(2)15(13-5-4-10-16-11-13)12-6-8-14(18-3)9-7-12/h6-9,13,15-16H,4-5,10-11H2,1-3H3. The van der Waals surface area contributed by atoms with E-state index in [0.29, 0.717) is 12.0 Å². The summed E-state index contributed by atoms with van der Waals surface area (Å²) in [4.78, 5) is 2.33. The van der Waals surface area contributed by atoms with E-state index in [1.165, 1.54) is 24.9 Å². The average molecular weight is 248 g/mol. The molecule has 1 N–H and O–H groups in total. The number of hydrogen-bond donors (Lipinski definition) is 1. The molecular formula is C15H24N2O. The predicted molar refractivity (Wildman–Crippen MR) is 75.0 cm³/mol.